The molecule has 2 rings (SSSR count). The number of nitrogens with zero attached hydrogens (tertiary/aromatic N) is 1. The minimum absolute atomic E-state index is 0.0354. The van der Waals surface area contributed by atoms with Gasteiger partial charge in [-0.3, -0.25) is 9.59 Å². The van der Waals surface area contributed by atoms with Gasteiger partial charge in [0.25, 0.3) is 0 Å². The molecule has 2 atom stereocenters. The highest BCUT2D eigenvalue weighted by atomic mass is 32.1. The number of piperidine rings is 1. The second kappa shape index (κ2) is 8.29. The molecular formula is C16H25N3O2S. The van der Waals surface area contributed by atoms with E-state index in [4.69, 9.17) is 5.73 Å². The third-order valence-electron chi connectivity index (χ3n) is 4.16. The summed E-state index contributed by atoms with van der Waals surface area (Å²) in [6.07, 6.45) is 3.43. The number of nitrogens with one attached hydrogen (secondary N) is 1. The van der Waals surface area contributed by atoms with Crippen LogP contribution in [0.15, 0.2) is 17.5 Å². The van der Waals surface area contributed by atoms with Gasteiger partial charge in [0.05, 0.1) is 5.92 Å². The molecule has 0 saturated carbocycles. The fraction of sp³-hybridized carbons (Fsp3) is 0.625. The normalized spacial score (nSPS) is 19.7. The molecule has 1 saturated heterocycles. The van der Waals surface area contributed by atoms with Crippen LogP contribution in [0.25, 0.3) is 0 Å². The van der Waals surface area contributed by atoms with Crippen LogP contribution in [-0.2, 0) is 9.59 Å². The number of likely N-dealkylation sites (tertiary alicyclic amines) is 1. The second-order valence-electron chi connectivity index (χ2n) is 5.76. The SMILES string of the molecule is CC(C(=O)N1CCCCC1CNC(=O)CCN)c1cccs1. The summed E-state index contributed by atoms with van der Waals surface area (Å²) in [6.45, 7) is 3.63. The smallest absolute Gasteiger partial charge is 0.230 e. The van der Waals surface area contributed by atoms with Crippen LogP contribution < -0.4 is 11.1 Å². The molecule has 6 heteroatoms. The number of nitrogens with two attached hydrogens (primary N) is 1. The quantitative estimate of drug-likeness (QED) is 0.836. The first-order valence-electron chi connectivity index (χ1n) is 7.94. The molecule has 2 amide bonds. The van der Waals surface area contributed by atoms with Crippen molar-refractivity contribution in [1.29, 1.82) is 0 Å². The van der Waals surface area contributed by atoms with Crippen molar-refractivity contribution < 1.29 is 9.59 Å². The standard InChI is InChI=1S/C16H25N3O2S/c1-12(14-6-4-10-22-14)16(21)19-9-3-2-5-13(19)11-18-15(20)7-8-17/h4,6,10,12-13H,2-3,5,7-9,11,17H2,1H3,(H,18,20). The Hall–Kier alpha value is -1.40. The Labute approximate surface area is 135 Å². The lowest BCUT2D eigenvalue weighted by atomic mass is 9.99. The van der Waals surface area contributed by atoms with Gasteiger partial charge in [-0.1, -0.05) is 6.07 Å². The van der Waals surface area contributed by atoms with E-state index >= 15 is 0 Å². The molecule has 0 radical (unpaired) electrons. The number of hydrogen-bond donors (Lipinski definition) is 2. The van der Waals surface area contributed by atoms with Gasteiger partial charge in [0.2, 0.25) is 11.8 Å². The fourth-order valence-electron chi connectivity index (χ4n) is 2.86. The van der Waals surface area contributed by atoms with E-state index in [-0.39, 0.29) is 23.8 Å². The summed E-state index contributed by atoms with van der Waals surface area (Å²) in [4.78, 5) is 27.4. The van der Waals surface area contributed by atoms with Gasteiger partial charge in [0.1, 0.15) is 0 Å². The zero-order chi connectivity index (χ0) is 15.9. The number of carbonyl (C=O) groups is 2. The Kier molecular flexibility index (Phi) is 6.39. The molecule has 1 aliphatic heterocycles. The molecule has 5 nitrogen and oxygen atoms in total. The zero-order valence-corrected chi connectivity index (χ0v) is 13.9. The van der Waals surface area contributed by atoms with Crippen LogP contribution in [-0.4, -0.2) is 42.4 Å². The van der Waals surface area contributed by atoms with Crippen LogP contribution in [0.1, 0.15) is 43.4 Å². The maximum Gasteiger partial charge on any atom is 0.230 e. The Bertz CT molecular complexity index is 490. The summed E-state index contributed by atoms with van der Waals surface area (Å²) in [5.41, 5.74) is 5.38. The maximum absolute atomic E-state index is 12.8. The van der Waals surface area contributed by atoms with Crippen molar-refractivity contribution in [3.63, 3.8) is 0 Å². The van der Waals surface area contributed by atoms with E-state index < -0.39 is 0 Å². The topological polar surface area (TPSA) is 75.4 Å². The van der Waals surface area contributed by atoms with Crippen molar-refractivity contribution in [3.05, 3.63) is 22.4 Å². The van der Waals surface area contributed by atoms with E-state index in [1.54, 1.807) is 11.3 Å². The molecule has 0 aromatic carbocycles. The molecule has 1 aromatic heterocycles. The number of rotatable bonds is 6. The highest BCUT2D eigenvalue weighted by Crippen LogP contribution is 2.26. The van der Waals surface area contributed by atoms with Gasteiger partial charge >= 0.3 is 0 Å². The lowest BCUT2D eigenvalue weighted by molar-refractivity contribution is -0.136. The summed E-state index contributed by atoms with van der Waals surface area (Å²) in [6, 6.07) is 4.09. The predicted octanol–water partition coefficient (Wildman–Crippen LogP) is 1.70. The van der Waals surface area contributed by atoms with Crippen molar-refractivity contribution in [3.8, 4) is 0 Å². The van der Waals surface area contributed by atoms with E-state index in [0.29, 0.717) is 19.5 Å². The third kappa shape index (κ3) is 4.30. The Morgan fingerprint density at radius 3 is 3.00 bits per heavy atom. The number of amides is 2. The first kappa shape index (κ1) is 17.0. The molecule has 2 unspecified atom stereocenters. The average Bonchev–Trinajstić information content (AvgIpc) is 3.06. The monoisotopic (exact) mass is 323 g/mol. The highest BCUT2D eigenvalue weighted by Gasteiger charge is 2.30. The molecule has 122 valence electrons. The lowest BCUT2D eigenvalue weighted by Crippen LogP contribution is -2.50. The molecular weight excluding hydrogens is 298 g/mol. The summed E-state index contributed by atoms with van der Waals surface area (Å²) in [7, 11) is 0. The van der Waals surface area contributed by atoms with Crippen LogP contribution in [0.2, 0.25) is 0 Å². The molecule has 3 N–H and O–H groups in total. The minimum atomic E-state index is -0.111. The van der Waals surface area contributed by atoms with Gasteiger partial charge in [-0.25, -0.2) is 0 Å². The fourth-order valence-corrected chi connectivity index (χ4v) is 3.64. The molecule has 0 spiro atoms. The first-order valence-corrected chi connectivity index (χ1v) is 8.82. The largest absolute Gasteiger partial charge is 0.354 e. The first-order chi connectivity index (χ1) is 10.6. The summed E-state index contributed by atoms with van der Waals surface area (Å²) in [5, 5.41) is 4.90. The summed E-state index contributed by atoms with van der Waals surface area (Å²) in [5.74, 6) is 0.0207. The predicted molar refractivity (Wildman–Crippen MR) is 88.8 cm³/mol. The Morgan fingerprint density at radius 1 is 1.50 bits per heavy atom. The van der Waals surface area contributed by atoms with Crippen LogP contribution in [0.5, 0.6) is 0 Å². The molecule has 0 aliphatic carbocycles. The second-order valence-corrected chi connectivity index (χ2v) is 6.74. The van der Waals surface area contributed by atoms with Gasteiger partial charge in [-0.2, -0.15) is 0 Å². The van der Waals surface area contributed by atoms with Crippen LogP contribution in [0, 0.1) is 0 Å². The number of carbonyl (C=O) groups excluding carboxylic acids is 2. The minimum Gasteiger partial charge on any atom is -0.354 e. The van der Waals surface area contributed by atoms with Crippen LogP contribution in [0.3, 0.4) is 0 Å². The molecule has 2 heterocycles. The van der Waals surface area contributed by atoms with E-state index in [0.717, 1.165) is 30.7 Å². The van der Waals surface area contributed by atoms with Crippen molar-refractivity contribution in [2.24, 2.45) is 5.73 Å². The highest BCUT2D eigenvalue weighted by molar-refractivity contribution is 7.10. The lowest BCUT2D eigenvalue weighted by Gasteiger charge is -2.37. The number of thiophene rings is 1. The summed E-state index contributed by atoms with van der Waals surface area (Å²) >= 11 is 1.62. The molecule has 1 fully saturated rings. The van der Waals surface area contributed by atoms with E-state index in [2.05, 4.69) is 5.32 Å². The van der Waals surface area contributed by atoms with E-state index in [1.165, 1.54) is 0 Å². The van der Waals surface area contributed by atoms with Gasteiger partial charge in [0.15, 0.2) is 0 Å². The van der Waals surface area contributed by atoms with Gasteiger partial charge in [-0.15, -0.1) is 11.3 Å². The molecule has 1 aliphatic rings. The van der Waals surface area contributed by atoms with Crippen LogP contribution in [0.4, 0.5) is 0 Å². The summed E-state index contributed by atoms with van der Waals surface area (Å²) < 4.78 is 0. The van der Waals surface area contributed by atoms with Crippen molar-refractivity contribution >= 4 is 23.2 Å². The number of hydrogen-bond acceptors (Lipinski definition) is 4. The molecule has 0 bridgehead atoms. The maximum atomic E-state index is 12.8. The van der Waals surface area contributed by atoms with Crippen molar-refractivity contribution in [2.45, 2.75) is 44.6 Å². The Balaban J connectivity index is 1.96. The van der Waals surface area contributed by atoms with Crippen molar-refractivity contribution in [2.75, 3.05) is 19.6 Å². The van der Waals surface area contributed by atoms with E-state index in [1.807, 2.05) is 29.3 Å². The van der Waals surface area contributed by atoms with Crippen LogP contribution >= 0.6 is 11.3 Å². The molecule has 22 heavy (non-hydrogen) atoms. The van der Waals surface area contributed by atoms with Gasteiger partial charge in [0, 0.05) is 37.0 Å². The van der Waals surface area contributed by atoms with E-state index in [9.17, 15) is 9.59 Å². The average molecular weight is 323 g/mol. The van der Waals surface area contributed by atoms with Gasteiger partial charge in [-0.05, 0) is 37.6 Å². The third-order valence-corrected chi connectivity index (χ3v) is 5.21. The zero-order valence-electron chi connectivity index (χ0n) is 13.1. The van der Waals surface area contributed by atoms with Gasteiger partial charge < -0.3 is 16.0 Å². The van der Waals surface area contributed by atoms with Crippen molar-refractivity contribution in [1.82, 2.24) is 10.2 Å². The molecule has 1 aromatic rings. The Morgan fingerprint density at radius 2 is 2.32 bits per heavy atom.